The Morgan fingerprint density at radius 3 is 2.81 bits per heavy atom. The highest BCUT2D eigenvalue weighted by molar-refractivity contribution is 5.86. The zero-order chi connectivity index (χ0) is 14.7. The Hall–Kier alpha value is -1.42. The molecule has 3 rings (SSSR count). The summed E-state index contributed by atoms with van der Waals surface area (Å²) in [6.45, 7) is 2.47. The third-order valence-electron chi connectivity index (χ3n) is 4.45. The zero-order valence-electron chi connectivity index (χ0n) is 12.7. The van der Waals surface area contributed by atoms with Crippen molar-refractivity contribution in [3.05, 3.63) is 48.0 Å². The summed E-state index contributed by atoms with van der Waals surface area (Å²) in [6, 6.07) is 15.2. The van der Waals surface area contributed by atoms with Gasteiger partial charge in [-0.25, -0.2) is 0 Å². The van der Waals surface area contributed by atoms with Crippen molar-refractivity contribution in [1.82, 2.24) is 4.90 Å². The monoisotopic (exact) mass is 284 g/mol. The van der Waals surface area contributed by atoms with Crippen molar-refractivity contribution in [1.29, 1.82) is 0 Å². The van der Waals surface area contributed by atoms with Gasteiger partial charge in [0.05, 0.1) is 6.10 Å². The number of nitrogens with two attached hydrogens (primary N) is 1. The molecule has 21 heavy (non-hydrogen) atoms. The molecule has 1 aliphatic rings. The highest BCUT2D eigenvalue weighted by Crippen LogP contribution is 2.28. The van der Waals surface area contributed by atoms with E-state index in [-0.39, 0.29) is 6.04 Å². The van der Waals surface area contributed by atoms with Crippen LogP contribution in [-0.4, -0.2) is 37.7 Å². The molecule has 1 saturated heterocycles. The van der Waals surface area contributed by atoms with Crippen LogP contribution in [0.1, 0.15) is 24.4 Å². The second-order valence-corrected chi connectivity index (χ2v) is 5.89. The van der Waals surface area contributed by atoms with Crippen molar-refractivity contribution >= 4 is 10.8 Å². The summed E-state index contributed by atoms with van der Waals surface area (Å²) in [6.07, 6.45) is 2.70. The summed E-state index contributed by atoms with van der Waals surface area (Å²) in [5.41, 5.74) is 7.40. The van der Waals surface area contributed by atoms with E-state index in [1.807, 2.05) is 0 Å². The van der Waals surface area contributed by atoms with Gasteiger partial charge in [-0.15, -0.1) is 0 Å². The van der Waals surface area contributed by atoms with Crippen LogP contribution < -0.4 is 5.73 Å². The first kappa shape index (κ1) is 14.5. The van der Waals surface area contributed by atoms with Gasteiger partial charge in [0.2, 0.25) is 0 Å². The molecule has 1 aliphatic heterocycles. The second-order valence-electron chi connectivity index (χ2n) is 5.89. The van der Waals surface area contributed by atoms with Crippen LogP contribution in [0.2, 0.25) is 0 Å². The fourth-order valence-corrected chi connectivity index (χ4v) is 3.32. The maximum Gasteiger partial charge on any atom is 0.0702 e. The molecule has 0 bridgehead atoms. The van der Waals surface area contributed by atoms with E-state index in [0.29, 0.717) is 12.6 Å². The van der Waals surface area contributed by atoms with Crippen molar-refractivity contribution in [3.8, 4) is 0 Å². The van der Waals surface area contributed by atoms with Crippen LogP contribution in [0.3, 0.4) is 0 Å². The summed E-state index contributed by atoms with van der Waals surface area (Å²) in [7, 11) is 2.15. The van der Waals surface area contributed by atoms with Gasteiger partial charge in [-0.3, -0.25) is 4.90 Å². The van der Waals surface area contributed by atoms with E-state index < -0.39 is 0 Å². The molecule has 0 spiro atoms. The van der Waals surface area contributed by atoms with Crippen LogP contribution >= 0.6 is 0 Å². The minimum atomic E-state index is 0.236. The van der Waals surface area contributed by atoms with Crippen molar-refractivity contribution in [2.45, 2.75) is 25.0 Å². The lowest BCUT2D eigenvalue weighted by Gasteiger charge is -2.30. The Morgan fingerprint density at radius 2 is 2.05 bits per heavy atom. The molecule has 0 aliphatic carbocycles. The van der Waals surface area contributed by atoms with Crippen molar-refractivity contribution in [2.75, 3.05) is 26.7 Å². The lowest BCUT2D eigenvalue weighted by molar-refractivity contribution is 0.0691. The number of hydrogen-bond acceptors (Lipinski definition) is 3. The first-order valence-corrected chi connectivity index (χ1v) is 7.79. The number of rotatable bonds is 5. The molecule has 2 N–H and O–H groups in total. The molecule has 3 heteroatoms. The second kappa shape index (κ2) is 6.56. The van der Waals surface area contributed by atoms with E-state index >= 15 is 0 Å². The van der Waals surface area contributed by atoms with Crippen molar-refractivity contribution < 1.29 is 4.74 Å². The SMILES string of the molecule is CN(CC1CCCO1)C(CN)c1cccc2ccccc12. The van der Waals surface area contributed by atoms with Crippen LogP contribution in [0.15, 0.2) is 42.5 Å². The van der Waals surface area contributed by atoms with E-state index in [2.05, 4.69) is 54.4 Å². The summed E-state index contributed by atoms with van der Waals surface area (Å²) < 4.78 is 5.76. The first-order chi connectivity index (χ1) is 10.3. The van der Waals surface area contributed by atoms with Gasteiger partial charge in [-0.05, 0) is 36.2 Å². The largest absolute Gasteiger partial charge is 0.377 e. The average Bonchev–Trinajstić information content (AvgIpc) is 3.01. The van der Waals surface area contributed by atoms with Crippen molar-refractivity contribution in [2.24, 2.45) is 5.73 Å². The van der Waals surface area contributed by atoms with Gasteiger partial charge in [0.15, 0.2) is 0 Å². The molecule has 1 fully saturated rings. The van der Waals surface area contributed by atoms with Crippen LogP contribution in [-0.2, 0) is 4.74 Å². The normalized spacial score (nSPS) is 20.2. The molecule has 112 valence electrons. The number of likely N-dealkylation sites (N-methyl/N-ethyl adjacent to an activating group) is 1. The Labute approximate surface area is 126 Å². The Morgan fingerprint density at radius 1 is 1.24 bits per heavy atom. The molecule has 0 saturated carbocycles. The molecule has 2 aromatic carbocycles. The maximum atomic E-state index is 6.09. The van der Waals surface area contributed by atoms with E-state index in [1.54, 1.807) is 0 Å². The van der Waals surface area contributed by atoms with Gasteiger partial charge in [-0.2, -0.15) is 0 Å². The minimum Gasteiger partial charge on any atom is -0.377 e. The number of ether oxygens (including phenoxy) is 1. The number of benzene rings is 2. The van der Waals surface area contributed by atoms with E-state index in [0.717, 1.165) is 19.6 Å². The quantitative estimate of drug-likeness (QED) is 0.917. The molecule has 0 amide bonds. The lowest BCUT2D eigenvalue weighted by Crippen LogP contribution is -2.36. The van der Waals surface area contributed by atoms with E-state index in [4.69, 9.17) is 10.5 Å². The van der Waals surface area contributed by atoms with Crippen molar-refractivity contribution in [3.63, 3.8) is 0 Å². The van der Waals surface area contributed by atoms with Crippen LogP contribution in [0.4, 0.5) is 0 Å². The highest BCUT2D eigenvalue weighted by atomic mass is 16.5. The Kier molecular flexibility index (Phi) is 4.54. The molecule has 2 unspecified atom stereocenters. The molecule has 2 aromatic rings. The van der Waals surface area contributed by atoms with Crippen LogP contribution in [0.5, 0.6) is 0 Å². The van der Waals surface area contributed by atoms with E-state index in [1.165, 1.54) is 22.8 Å². The van der Waals surface area contributed by atoms with Gasteiger partial charge >= 0.3 is 0 Å². The zero-order valence-corrected chi connectivity index (χ0v) is 12.7. The molecule has 1 heterocycles. The summed E-state index contributed by atoms with van der Waals surface area (Å²) in [5.74, 6) is 0. The minimum absolute atomic E-state index is 0.236. The van der Waals surface area contributed by atoms with Gasteiger partial charge in [0.25, 0.3) is 0 Å². The molecular weight excluding hydrogens is 260 g/mol. The fourth-order valence-electron chi connectivity index (χ4n) is 3.32. The third kappa shape index (κ3) is 3.10. The van der Waals surface area contributed by atoms with Gasteiger partial charge in [-0.1, -0.05) is 42.5 Å². The first-order valence-electron chi connectivity index (χ1n) is 7.79. The number of hydrogen-bond donors (Lipinski definition) is 1. The Bertz CT molecular complexity index is 587. The van der Waals surface area contributed by atoms with E-state index in [9.17, 15) is 0 Å². The van der Waals surface area contributed by atoms with Crippen LogP contribution in [0, 0.1) is 0 Å². The topological polar surface area (TPSA) is 38.5 Å². The molecule has 0 radical (unpaired) electrons. The predicted octanol–water partition coefficient (Wildman–Crippen LogP) is 2.95. The van der Waals surface area contributed by atoms with Gasteiger partial charge in [0.1, 0.15) is 0 Å². The van der Waals surface area contributed by atoms with Gasteiger partial charge in [0, 0.05) is 25.7 Å². The molecule has 3 nitrogen and oxygen atoms in total. The maximum absolute atomic E-state index is 6.09. The Balaban J connectivity index is 1.86. The predicted molar refractivity (Wildman–Crippen MR) is 87.3 cm³/mol. The third-order valence-corrected chi connectivity index (χ3v) is 4.45. The molecular formula is C18H24N2O. The lowest BCUT2D eigenvalue weighted by atomic mass is 9.97. The smallest absolute Gasteiger partial charge is 0.0702 e. The van der Waals surface area contributed by atoms with Gasteiger partial charge < -0.3 is 10.5 Å². The summed E-state index contributed by atoms with van der Waals surface area (Å²) in [4.78, 5) is 2.34. The average molecular weight is 284 g/mol. The summed E-state index contributed by atoms with van der Waals surface area (Å²) in [5, 5.41) is 2.58. The summed E-state index contributed by atoms with van der Waals surface area (Å²) >= 11 is 0. The number of fused-ring (bicyclic) bond motifs is 1. The standard InChI is InChI=1S/C18H24N2O/c1-20(13-15-8-5-11-21-15)18(12-19)17-10-4-7-14-6-2-3-9-16(14)17/h2-4,6-7,9-10,15,18H,5,8,11-13,19H2,1H3. The highest BCUT2D eigenvalue weighted by Gasteiger charge is 2.23. The van der Waals surface area contributed by atoms with Crippen LogP contribution in [0.25, 0.3) is 10.8 Å². The molecule has 0 aromatic heterocycles. The molecule has 2 atom stereocenters. The number of nitrogens with zero attached hydrogens (tertiary/aromatic N) is 1. The fraction of sp³-hybridized carbons (Fsp3) is 0.444.